The highest BCUT2D eigenvalue weighted by Crippen LogP contribution is 2.22. The standard InChI is InChI=1S/C18H28N6S/c1-5-19-18(20-9-17-13(4)21-11-25-17)22-15-7-6-14-10-24(12(2)3)23-16(14)8-15/h10-12,15H,5-9H2,1-4H3,(H2,19,20,22). The first-order valence-corrected chi connectivity index (χ1v) is 9.95. The smallest absolute Gasteiger partial charge is 0.191 e. The number of aromatic nitrogens is 3. The molecule has 2 heterocycles. The van der Waals surface area contributed by atoms with Gasteiger partial charge in [-0.25, -0.2) is 9.98 Å². The van der Waals surface area contributed by atoms with Crippen molar-refractivity contribution in [2.45, 2.75) is 65.6 Å². The van der Waals surface area contributed by atoms with Crippen LogP contribution in [0.25, 0.3) is 0 Å². The lowest BCUT2D eigenvalue weighted by atomic mass is 9.94. The van der Waals surface area contributed by atoms with E-state index in [1.807, 2.05) is 12.4 Å². The summed E-state index contributed by atoms with van der Waals surface area (Å²) < 4.78 is 2.08. The molecule has 0 amide bonds. The number of hydrogen-bond donors (Lipinski definition) is 2. The van der Waals surface area contributed by atoms with E-state index in [2.05, 4.69) is 47.3 Å². The van der Waals surface area contributed by atoms with Crippen LogP contribution in [-0.4, -0.2) is 33.3 Å². The molecule has 0 bridgehead atoms. The highest BCUT2D eigenvalue weighted by atomic mass is 32.1. The molecule has 2 N–H and O–H groups in total. The Hall–Kier alpha value is -1.89. The molecule has 0 fully saturated rings. The fourth-order valence-electron chi connectivity index (χ4n) is 3.04. The van der Waals surface area contributed by atoms with Gasteiger partial charge in [-0.1, -0.05) is 0 Å². The maximum atomic E-state index is 4.76. The fraction of sp³-hybridized carbons (Fsp3) is 0.611. The number of guanidine groups is 1. The monoisotopic (exact) mass is 360 g/mol. The summed E-state index contributed by atoms with van der Waals surface area (Å²) in [7, 11) is 0. The number of thiazole rings is 1. The van der Waals surface area contributed by atoms with Crippen molar-refractivity contribution in [1.82, 2.24) is 25.4 Å². The number of nitrogens with one attached hydrogen (secondary N) is 2. The van der Waals surface area contributed by atoms with Crippen LogP contribution >= 0.6 is 11.3 Å². The molecule has 1 atom stereocenters. The molecule has 7 heteroatoms. The minimum Gasteiger partial charge on any atom is -0.357 e. The van der Waals surface area contributed by atoms with Crippen molar-refractivity contribution >= 4 is 17.3 Å². The van der Waals surface area contributed by atoms with Crippen LogP contribution in [0.3, 0.4) is 0 Å². The second kappa shape index (κ2) is 7.99. The Bertz CT molecular complexity index is 730. The molecule has 2 aromatic rings. The van der Waals surface area contributed by atoms with Crippen molar-refractivity contribution in [1.29, 1.82) is 0 Å². The minimum atomic E-state index is 0.378. The predicted molar refractivity (Wildman–Crippen MR) is 103 cm³/mol. The predicted octanol–water partition coefficient (Wildman–Crippen LogP) is 2.84. The van der Waals surface area contributed by atoms with E-state index in [1.54, 1.807) is 11.3 Å². The summed E-state index contributed by atoms with van der Waals surface area (Å²) >= 11 is 1.67. The molecule has 3 rings (SSSR count). The molecule has 0 aliphatic heterocycles. The second-order valence-corrected chi connectivity index (χ2v) is 7.75. The Balaban J connectivity index is 1.65. The van der Waals surface area contributed by atoms with Gasteiger partial charge in [0.2, 0.25) is 0 Å². The van der Waals surface area contributed by atoms with Crippen LogP contribution < -0.4 is 10.6 Å². The van der Waals surface area contributed by atoms with Gasteiger partial charge in [0, 0.05) is 36.1 Å². The summed E-state index contributed by atoms with van der Waals surface area (Å²) in [6.07, 6.45) is 5.36. The largest absolute Gasteiger partial charge is 0.357 e. The molecule has 0 saturated carbocycles. The van der Waals surface area contributed by atoms with E-state index >= 15 is 0 Å². The third-order valence-electron chi connectivity index (χ3n) is 4.54. The van der Waals surface area contributed by atoms with Gasteiger partial charge in [-0.05, 0) is 46.1 Å². The van der Waals surface area contributed by atoms with E-state index in [1.165, 1.54) is 16.1 Å². The third kappa shape index (κ3) is 4.39. The van der Waals surface area contributed by atoms with Gasteiger partial charge >= 0.3 is 0 Å². The topological polar surface area (TPSA) is 67.1 Å². The SMILES string of the molecule is CCNC(=NCc1scnc1C)NC1CCc2cn(C(C)C)nc2C1. The molecule has 0 radical (unpaired) electrons. The molecular weight excluding hydrogens is 332 g/mol. The van der Waals surface area contributed by atoms with Crippen LogP contribution in [0.1, 0.15) is 55.1 Å². The van der Waals surface area contributed by atoms with Gasteiger partial charge in [0.1, 0.15) is 0 Å². The zero-order valence-electron chi connectivity index (χ0n) is 15.5. The normalized spacial score (nSPS) is 17.6. The molecule has 0 aromatic carbocycles. The molecular formula is C18H28N6S. The Morgan fingerprint density at radius 3 is 3.00 bits per heavy atom. The van der Waals surface area contributed by atoms with Crippen LogP contribution in [0.5, 0.6) is 0 Å². The van der Waals surface area contributed by atoms with Crippen molar-refractivity contribution < 1.29 is 0 Å². The van der Waals surface area contributed by atoms with Gasteiger partial charge in [-0.15, -0.1) is 11.3 Å². The average Bonchev–Trinajstić information content (AvgIpc) is 3.18. The van der Waals surface area contributed by atoms with Gasteiger partial charge in [0.25, 0.3) is 0 Å². The van der Waals surface area contributed by atoms with Crippen molar-refractivity contribution in [3.05, 3.63) is 33.5 Å². The number of fused-ring (bicyclic) bond motifs is 1. The van der Waals surface area contributed by atoms with Gasteiger partial charge in [0.05, 0.1) is 23.4 Å². The van der Waals surface area contributed by atoms with Crippen LogP contribution in [-0.2, 0) is 19.4 Å². The van der Waals surface area contributed by atoms with E-state index in [-0.39, 0.29) is 0 Å². The lowest BCUT2D eigenvalue weighted by molar-refractivity contribution is 0.499. The summed E-state index contributed by atoms with van der Waals surface area (Å²) in [5, 5.41) is 11.7. The van der Waals surface area contributed by atoms with Gasteiger partial charge in [-0.2, -0.15) is 5.10 Å². The molecule has 1 aliphatic rings. The summed E-state index contributed by atoms with van der Waals surface area (Å²) in [5.74, 6) is 0.882. The van der Waals surface area contributed by atoms with Crippen LogP contribution in [0.2, 0.25) is 0 Å². The molecule has 1 aliphatic carbocycles. The lowest BCUT2D eigenvalue weighted by Gasteiger charge is -2.24. The van der Waals surface area contributed by atoms with Gasteiger partial charge in [0.15, 0.2) is 5.96 Å². The first-order valence-electron chi connectivity index (χ1n) is 9.07. The van der Waals surface area contributed by atoms with Crippen LogP contribution in [0, 0.1) is 6.92 Å². The number of aliphatic imine (C=N–C) groups is 1. The maximum Gasteiger partial charge on any atom is 0.191 e. The first-order chi connectivity index (χ1) is 12.1. The summed E-state index contributed by atoms with van der Waals surface area (Å²) in [4.78, 5) is 10.3. The number of nitrogens with zero attached hydrogens (tertiary/aromatic N) is 4. The van der Waals surface area contributed by atoms with Crippen LogP contribution in [0.4, 0.5) is 0 Å². The molecule has 2 aromatic heterocycles. The molecule has 1 unspecified atom stereocenters. The number of aryl methyl sites for hydroxylation is 2. The highest BCUT2D eigenvalue weighted by molar-refractivity contribution is 7.09. The Morgan fingerprint density at radius 2 is 2.32 bits per heavy atom. The van der Waals surface area contributed by atoms with Crippen molar-refractivity contribution in [3.8, 4) is 0 Å². The molecule has 25 heavy (non-hydrogen) atoms. The first kappa shape index (κ1) is 17.9. The zero-order valence-corrected chi connectivity index (χ0v) is 16.4. The minimum absolute atomic E-state index is 0.378. The summed E-state index contributed by atoms with van der Waals surface area (Å²) in [6.45, 7) is 10.0. The fourth-order valence-corrected chi connectivity index (χ4v) is 3.74. The van der Waals surface area contributed by atoms with E-state index in [0.29, 0.717) is 18.6 Å². The zero-order chi connectivity index (χ0) is 17.8. The Morgan fingerprint density at radius 1 is 1.48 bits per heavy atom. The van der Waals surface area contributed by atoms with E-state index in [0.717, 1.165) is 37.5 Å². The lowest BCUT2D eigenvalue weighted by Crippen LogP contribution is -2.45. The van der Waals surface area contributed by atoms with Gasteiger partial charge < -0.3 is 10.6 Å². The van der Waals surface area contributed by atoms with Crippen molar-refractivity contribution in [2.24, 2.45) is 4.99 Å². The molecule has 6 nitrogen and oxygen atoms in total. The third-order valence-corrected chi connectivity index (χ3v) is 5.46. The number of hydrogen-bond acceptors (Lipinski definition) is 4. The Kier molecular flexibility index (Phi) is 5.73. The van der Waals surface area contributed by atoms with E-state index in [4.69, 9.17) is 10.1 Å². The highest BCUT2D eigenvalue weighted by Gasteiger charge is 2.23. The van der Waals surface area contributed by atoms with Crippen LogP contribution in [0.15, 0.2) is 16.7 Å². The van der Waals surface area contributed by atoms with E-state index < -0.39 is 0 Å². The quantitative estimate of drug-likeness (QED) is 0.636. The van der Waals surface area contributed by atoms with Gasteiger partial charge in [-0.3, -0.25) is 4.68 Å². The summed E-state index contributed by atoms with van der Waals surface area (Å²) in [6, 6.07) is 0.793. The summed E-state index contributed by atoms with van der Waals surface area (Å²) in [5.41, 5.74) is 5.58. The molecule has 136 valence electrons. The van der Waals surface area contributed by atoms with Crippen molar-refractivity contribution in [2.75, 3.05) is 6.54 Å². The van der Waals surface area contributed by atoms with Crippen molar-refractivity contribution in [3.63, 3.8) is 0 Å². The number of rotatable bonds is 5. The second-order valence-electron chi connectivity index (χ2n) is 6.81. The molecule has 0 spiro atoms. The Labute approximate surface area is 153 Å². The average molecular weight is 361 g/mol. The van der Waals surface area contributed by atoms with E-state index in [9.17, 15) is 0 Å². The molecule has 0 saturated heterocycles. The maximum absolute atomic E-state index is 4.76.